The molecule has 16 heteroatoms. The zero-order valence-electron chi connectivity index (χ0n) is 26.0. The van der Waals surface area contributed by atoms with E-state index in [2.05, 4.69) is 10.3 Å². The summed E-state index contributed by atoms with van der Waals surface area (Å²) in [5.41, 5.74) is -1.20. The van der Waals surface area contributed by atoms with Gasteiger partial charge in [0.05, 0.1) is 33.7 Å². The fourth-order valence-corrected chi connectivity index (χ4v) is 11.2. The van der Waals surface area contributed by atoms with Crippen molar-refractivity contribution in [2.24, 2.45) is 29.6 Å². The maximum absolute atomic E-state index is 13.9. The van der Waals surface area contributed by atoms with Gasteiger partial charge in [0.2, 0.25) is 11.8 Å². The van der Waals surface area contributed by atoms with Gasteiger partial charge in [-0.05, 0) is 78.3 Å². The van der Waals surface area contributed by atoms with E-state index in [1.165, 1.54) is 36.0 Å². The Morgan fingerprint density at radius 2 is 1.51 bits per heavy atom. The number of benzene rings is 3. The van der Waals surface area contributed by atoms with Crippen LogP contribution in [0.4, 0.5) is 37.7 Å². The first-order chi connectivity index (χ1) is 24.2. The van der Waals surface area contributed by atoms with E-state index in [4.69, 9.17) is 4.74 Å². The molecule has 2 bridgehead atoms. The number of hydrogen-bond donors (Lipinski definition) is 2. The van der Waals surface area contributed by atoms with Crippen molar-refractivity contribution < 1.29 is 45.5 Å². The Balaban J connectivity index is 1.03. The number of fused-ring (bicyclic) bond motifs is 9. The molecular weight excluding hydrogens is 721 g/mol. The van der Waals surface area contributed by atoms with Gasteiger partial charge in [0.1, 0.15) is 5.75 Å². The van der Waals surface area contributed by atoms with Crippen LogP contribution in [-0.4, -0.2) is 34.6 Å². The largest absolute Gasteiger partial charge is 0.484 e. The molecule has 2 N–H and O–H groups in total. The number of thiazole rings is 1. The molecule has 2 aliphatic heterocycles. The smallest absolute Gasteiger partial charge is 0.416 e. The maximum atomic E-state index is 13.9. The van der Waals surface area contributed by atoms with Gasteiger partial charge in [-0.25, -0.2) is 0 Å². The highest BCUT2D eigenvalue weighted by molar-refractivity contribution is 8.00. The summed E-state index contributed by atoms with van der Waals surface area (Å²) in [6, 6.07) is 15.3. The fourth-order valence-electron chi connectivity index (χ4n) is 8.36. The number of aromatic nitrogens is 1. The second-order valence-corrected chi connectivity index (χ2v) is 15.2. The first-order valence-corrected chi connectivity index (χ1v) is 17.5. The molecule has 4 aliphatic rings. The van der Waals surface area contributed by atoms with Crippen molar-refractivity contribution >= 4 is 52.2 Å². The fraction of sp³-hybridized carbons (Fsp3) is 0.314. The number of nitrogens with one attached hydrogen (secondary N) is 2. The average Bonchev–Trinajstić information content (AvgIpc) is 3.82. The summed E-state index contributed by atoms with van der Waals surface area (Å²) in [5.74, 6) is -3.78. The van der Waals surface area contributed by atoms with Gasteiger partial charge in [0.25, 0.3) is 5.91 Å². The number of imide groups is 1. The van der Waals surface area contributed by atoms with E-state index in [0.29, 0.717) is 17.2 Å². The molecule has 3 heterocycles. The molecule has 8 rings (SSSR count). The summed E-state index contributed by atoms with van der Waals surface area (Å²) < 4.78 is 85.2. The van der Waals surface area contributed by atoms with Crippen LogP contribution >= 0.6 is 23.1 Å². The predicted molar refractivity (Wildman–Crippen MR) is 174 cm³/mol. The van der Waals surface area contributed by atoms with E-state index in [9.17, 15) is 45.5 Å². The van der Waals surface area contributed by atoms with Crippen molar-refractivity contribution in [1.82, 2.24) is 4.98 Å². The first kappa shape index (κ1) is 33.6. The zero-order chi connectivity index (χ0) is 36.0. The number of aromatic amines is 1. The topological polar surface area (TPSA) is 109 Å². The number of H-pyrrole nitrogens is 1. The van der Waals surface area contributed by atoms with Crippen LogP contribution in [0.15, 0.2) is 82.6 Å². The van der Waals surface area contributed by atoms with Gasteiger partial charge in [0, 0.05) is 21.7 Å². The number of carbonyl (C=O) groups excluding carboxylic acids is 3. The van der Waals surface area contributed by atoms with Crippen molar-refractivity contribution in [1.29, 1.82) is 0 Å². The summed E-state index contributed by atoms with van der Waals surface area (Å²) in [4.78, 5) is 57.1. The van der Waals surface area contributed by atoms with Crippen molar-refractivity contribution in [3.05, 3.63) is 104 Å². The van der Waals surface area contributed by atoms with E-state index in [1.807, 2.05) is 0 Å². The molecule has 3 aromatic carbocycles. The molecule has 2 saturated carbocycles. The van der Waals surface area contributed by atoms with Crippen LogP contribution in [0.3, 0.4) is 0 Å². The number of alkyl halides is 6. The molecule has 7 atom stereocenters. The number of amides is 3. The Labute approximate surface area is 293 Å². The standard InChI is InChI=1S/C35H25F6N3O5S2/c36-34(37,38)16-3-1-5-18(11-16)42-23(45)14-49-20-9-7-15(8-10-20)24-25-21-13-22(28(25)50-30-29(24)51-33(48)43-30)27-26(21)31(46)44(32(27)47)19-6-2-4-17(12-19)35(39,40)41/h1-12,21-22,24-28H,13-14H2,(H,42,45)(H,43,48)/t21?,22?,24-,25?,26?,27?,28?/m1/s1. The van der Waals surface area contributed by atoms with Gasteiger partial charge < -0.3 is 15.0 Å². The molecule has 1 saturated heterocycles. The highest BCUT2D eigenvalue weighted by Crippen LogP contribution is 2.68. The first-order valence-electron chi connectivity index (χ1n) is 15.8. The summed E-state index contributed by atoms with van der Waals surface area (Å²) in [6.07, 6.45) is -8.63. The van der Waals surface area contributed by atoms with E-state index in [-0.39, 0.29) is 45.2 Å². The molecule has 51 heavy (non-hydrogen) atoms. The van der Waals surface area contributed by atoms with Crippen LogP contribution in [0.2, 0.25) is 0 Å². The van der Waals surface area contributed by atoms with E-state index < -0.39 is 59.6 Å². The SMILES string of the molecule is O=C(COc1ccc([C@H]2c3sc(=O)[nH]c3SC3C4CC(C5C(=O)N(c6cccc(C(F)(F)F)c6)C(=O)C45)C32)cc1)Nc1cccc(C(F)(F)F)c1. The lowest BCUT2D eigenvalue weighted by atomic mass is 9.68. The van der Waals surface area contributed by atoms with Gasteiger partial charge in [-0.2, -0.15) is 26.3 Å². The van der Waals surface area contributed by atoms with Crippen molar-refractivity contribution in [2.45, 2.75) is 35.0 Å². The van der Waals surface area contributed by atoms with Crippen molar-refractivity contribution in [3.8, 4) is 5.75 Å². The summed E-state index contributed by atoms with van der Waals surface area (Å²) >= 11 is 2.54. The number of thioether (sulfide) groups is 1. The Bertz CT molecular complexity index is 2130. The number of rotatable bonds is 6. The molecule has 4 aromatic rings. The lowest BCUT2D eigenvalue weighted by Gasteiger charge is -2.43. The maximum Gasteiger partial charge on any atom is 0.416 e. The predicted octanol–water partition coefficient (Wildman–Crippen LogP) is 7.17. The lowest BCUT2D eigenvalue weighted by Crippen LogP contribution is -2.42. The van der Waals surface area contributed by atoms with Crippen LogP contribution in [0.5, 0.6) is 5.75 Å². The molecule has 8 nitrogen and oxygen atoms in total. The van der Waals surface area contributed by atoms with Gasteiger partial charge >= 0.3 is 17.2 Å². The molecule has 2 aliphatic carbocycles. The third-order valence-electron chi connectivity index (χ3n) is 10.2. The third kappa shape index (κ3) is 5.72. The highest BCUT2D eigenvalue weighted by atomic mass is 32.2. The summed E-state index contributed by atoms with van der Waals surface area (Å²) in [7, 11) is 0. The highest BCUT2D eigenvalue weighted by Gasteiger charge is 2.69. The number of ether oxygens (including phenoxy) is 1. The van der Waals surface area contributed by atoms with E-state index in [1.54, 1.807) is 24.3 Å². The summed E-state index contributed by atoms with van der Waals surface area (Å²) in [5, 5.41) is 2.92. The molecule has 0 spiro atoms. The van der Waals surface area contributed by atoms with Gasteiger partial charge in [0.15, 0.2) is 6.61 Å². The van der Waals surface area contributed by atoms with Crippen LogP contribution in [0, 0.1) is 29.6 Å². The van der Waals surface area contributed by atoms with Crippen molar-refractivity contribution in [3.63, 3.8) is 0 Å². The Morgan fingerprint density at radius 3 is 2.20 bits per heavy atom. The number of anilines is 2. The normalized spacial score (nSPS) is 26.5. The molecule has 3 fully saturated rings. The minimum Gasteiger partial charge on any atom is -0.484 e. The van der Waals surface area contributed by atoms with Crippen LogP contribution in [-0.2, 0) is 26.7 Å². The average molecular weight is 746 g/mol. The Hall–Kier alpha value is -4.57. The van der Waals surface area contributed by atoms with Crippen molar-refractivity contribution in [2.75, 3.05) is 16.8 Å². The Morgan fingerprint density at radius 1 is 0.863 bits per heavy atom. The molecule has 3 amide bonds. The third-order valence-corrected chi connectivity index (χ3v) is 12.8. The molecule has 6 unspecified atom stereocenters. The molecule has 264 valence electrons. The minimum atomic E-state index is -4.65. The second kappa shape index (κ2) is 12.0. The monoisotopic (exact) mass is 745 g/mol. The number of carbonyl (C=O) groups is 3. The van der Waals surface area contributed by atoms with E-state index in [0.717, 1.165) is 50.9 Å². The Kier molecular flexibility index (Phi) is 7.90. The number of hydrogen-bond acceptors (Lipinski definition) is 7. The van der Waals surface area contributed by atoms with Gasteiger partial charge in [-0.15, -0.1) is 11.8 Å². The van der Waals surface area contributed by atoms with Crippen LogP contribution in [0.1, 0.15) is 33.9 Å². The zero-order valence-corrected chi connectivity index (χ0v) is 27.6. The minimum absolute atomic E-state index is 0.0340. The second-order valence-electron chi connectivity index (χ2n) is 13.0. The number of nitrogens with zero attached hydrogens (tertiary/aromatic N) is 1. The van der Waals surface area contributed by atoms with E-state index >= 15 is 0 Å². The quantitative estimate of drug-likeness (QED) is 0.160. The molecular formula is C35H25F6N3O5S2. The molecule has 1 aromatic heterocycles. The van der Waals surface area contributed by atoms with Crippen LogP contribution < -0.4 is 19.8 Å². The molecule has 0 radical (unpaired) electrons. The summed E-state index contributed by atoms with van der Waals surface area (Å²) in [6.45, 7) is -0.477. The number of halogens is 6. The van der Waals surface area contributed by atoms with Crippen LogP contribution in [0.25, 0.3) is 0 Å². The van der Waals surface area contributed by atoms with Gasteiger partial charge in [-0.1, -0.05) is 35.6 Å². The lowest BCUT2D eigenvalue weighted by molar-refractivity contribution is -0.138. The van der Waals surface area contributed by atoms with Gasteiger partial charge in [-0.3, -0.25) is 24.1 Å².